The highest BCUT2D eigenvalue weighted by Crippen LogP contribution is 2.42. The minimum absolute atomic E-state index is 0.0816. The van der Waals surface area contributed by atoms with Crippen LogP contribution in [0.3, 0.4) is 0 Å². The summed E-state index contributed by atoms with van der Waals surface area (Å²) in [6.07, 6.45) is 0. The average molecular weight is 482 g/mol. The third-order valence-electron chi connectivity index (χ3n) is 5.72. The number of nitrogen functional groups attached to an aromatic ring is 1. The zero-order valence-corrected chi connectivity index (χ0v) is 19.4. The third-order valence-corrected chi connectivity index (χ3v) is 6.81. The van der Waals surface area contributed by atoms with Crippen molar-refractivity contribution in [3.8, 4) is 28.1 Å². The van der Waals surface area contributed by atoms with Gasteiger partial charge in [0.15, 0.2) is 0 Å². The van der Waals surface area contributed by atoms with Crippen LogP contribution in [-0.2, 0) is 0 Å². The van der Waals surface area contributed by atoms with Gasteiger partial charge < -0.3 is 10.5 Å². The highest BCUT2D eigenvalue weighted by Gasteiger charge is 2.23. The van der Waals surface area contributed by atoms with Crippen molar-refractivity contribution in [3.63, 3.8) is 0 Å². The van der Waals surface area contributed by atoms with Crippen molar-refractivity contribution >= 4 is 38.7 Å². The van der Waals surface area contributed by atoms with E-state index in [2.05, 4.69) is 0 Å². The van der Waals surface area contributed by atoms with Gasteiger partial charge in [-0.2, -0.15) is 0 Å². The molecule has 2 aromatic heterocycles. The van der Waals surface area contributed by atoms with Crippen LogP contribution >= 0.6 is 11.3 Å². The lowest BCUT2D eigenvalue weighted by atomic mass is 9.98. The van der Waals surface area contributed by atoms with Crippen molar-refractivity contribution in [2.24, 2.45) is 0 Å². The Bertz CT molecular complexity index is 1560. The first-order chi connectivity index (χ1) is 17.0. The normalized spacial score (nSPS) is 10.9. The number of carbonyl (C=O) groups excluding carboxylic acids is 1. The van der Waals surface area contributed by atoms with E-state index in [4.69, 9.17) is 15.5 Å². The second-order valence-corrected chi connectivity index (χ2v) is 8.81. The number of pyridine rings is 1. The molecule has 0 atom stereocenters. The van der Waals surface area contributed by atoms with Gasteiger partial charge in [-0.1, -0.05) is 42.5 Å². The number of nitrogens with zero attached hydrogens (tertiary/aromatic N) is 2. The van der Waals surface area contributed by atoms with E-state index in [1.54, 1.807) is 7.11 Å². The number of fused-ring (bicyclic) bond motifs is 1. The van der Waals surface area contributed by atoms with Crippen molar-refractivity contribution in [2.45, 2.75) is 0 Å². The van der Waals surface area contributed by atoms with Crippen LogP contribution in [0.15, 0.2) is 84.9 Å². The van der Waals surface area contributed by atoms with E-state index in [9.17, 15) is 14.9 Å². The standard InChI is InChI=1S/C27H19N3O4S/c1-34-20-13-9-16(10-14-20)21-15-22(17-5-3-2-4-6-17)29-27-23(21)24(28)26(35-27)25(31)18-7-11-19(12-8-18)30(32)33/h2-15H,28H2,1H3. The number of ketones is 1. The fourth-order valence-electron chi connectivity index (χ4n) is 3.91. The number of nitro benzene ring substituents is 1. The number of non-ortho nitro benzene ring substituents is 1. The summed E-state index contributed by atoms with van der Waals surface area (Å²) >= 11 is 1.22. The minimum Gasteiger partial charge on any atom is -0.497 e. The molecule has 0 spiro atoms. The summed E-state index contributed by atoms with van der Waals surface area (Å²) in [6.45, 7) is 0. The monoisotopic (exact) mass is 481 g/mol. The van der Waals surface area contributed by atoms with E-state index >= 15 is 0 Å². The summed E-state index contributed by atoms with van der Waals surface area (Å²) in [5.41, 5.74) is 10.6. The summed E-state index contributed by atoms with van der Waals surface area (Å²) in [7, 11) is 1.61. The number of ether oxygens (including phenoxy) is 1. The first kappa shape index (κ1) is 22.2. The predicted molar refractivity (Wildman–Crippen MR) is 138 cm³/mol. The van der Waals surface area contributed by atoms with Crippen LogP contribution in [0.25, 0.3) is 32.6 Å². The van der Waals surface area contributed by atoms with Crippen LogP contribution in [0.2, 0.25) is 0 Å². The van der Waals surface area contributed by atoms with Crippen molar-refractivity contribution < 1.29 is 14.5 Å². The highest BCUT2D eigenvalue weighted by molar-refractivity contribution is 7.21. The Morgan fingerprint density at radius 2 is 1.66 bits per heavy atom. The van der Waals surface area contributed by atoms with Crippen LogP contribution in [-0.4, -0.2) is 22.8 Å². The van der Waals surface area contributed by atoms with Gasteiger partial charge in [-0.3, -0.25) is 14.9 Å². The van der Waals surface area contributed by atoms with E-state index in [-0.39, 0.29) is 11.5 Å². The Morgan fingerprint density at radius 1 is 0.971 bits per heavy atom. The maximum Gasteiger partial charge on any atom is 0.269 e. The zero-order valence-electron chi connectivity index (χ0n) is 18.6. The maximum absolute atomic E-state index is 13.3. The molecular weight excluding hydrogens is 462 g/mol. The molecular formula is C27H19N3O4S. The lowest BCUT2D eigenvalue weighted by Gasteiger charge is -2.09. The average Bonchev–Trinajstić information content (AvgIpc) is 3.24. The molecule has 5 aromatic rings. The van der Waals surface area contributed by atoms with Gasteiger partial charge in [0, 0.05) is 28.6 Å². The van der Waals surface area contributed by atoms with Crippen LogP contribution in [0.1, 0.15) is 15.2 Å². The molecule has 7 nitrogen and oxygen atoms in total. The van der Waals surface area contributed by atoms with E-state index in [0.29, 0.717) is 26.3 Å². The molecule has 35 heavy (non-hydrogen) atoms. The number of anilines is 1. The predicted octanol–water partition coefficient (Wildman–Crippen LogP) is 6.36. The molecule has 172 valence electrons. The maximum atomic E-state index is 13.3. The number of hydrogen-bond acceptors (Lipinski definition) is 7. The van der Waals surface area contributed by atoms with Crippen molar-refractivity contribution in [1.82, 2.24) is 4.98 Å². The first-order valence-electron chi connectivity index (χ1n) is 10.7. The molecule has 0 unspecified atom stereocenters. The molecule has 5 rings (SSSR count). The largest absolute Gasteiger partial charge is 0.497 e. The Labute approximate surface area is 204 Å². The molecule has 0 saturated carbocycles. The first-order valence-corrected chi connectivity index (χ1v) is 11.5. The van der Waals surface area contributed by atoms with Crippen LogP contribution < -0.4 is 10.5 Å². The van der Waals surface area contributed by atoms with E-state index in [1.807, 2.05) is 60.7 Å². The summed E-state index contributed by atoms with van der Waals surface area (Å²) in [6, 6.07) is 24.9. The highest BCUT2D eigenvalue weighted by atomic mass is 32.1. The Balaban J connectivity index is 1.69. The topological polar surface area (TPSA) is 108 Å². The van der Waals surface area contributed by atoms with Crippen LogP contribution in [0.4, 0.5) is 11.4 Å². The minimum atomic E-state index is -0.502. The molecule has 0 bridgehead atoms. The molecule has 2 heterocycles. The quantitative estimate of drug-likeness (QED) is 0.172. The third kappa shape index (κ3) is 4.11. The van der Waals surface area contributed by atoms with E-state index < -0.39 is 4.92 Å². The molecule has 2 N–H and O–H groups in total. The van der Waals surface area contributed by atoms with Crippen molar-refractivity contribution in [3.05, 3.63) is 105 Å². The summed E-state index contributed by atoms with van der Waals surface area (Å²) in [5, 5.41) is 11.7. The second kappa shape index (κ2) is 9.00. The Hall–Kier alpha value is -4.56. The molecule has 0 saturated heterocycles. The molecule has 0 aliphatic carbocycles. The van der Waals surface area contributed by atoms with Gasteiger partial charge in [0.2, 0.25) is 5.78 Å². The number of nitro groups is 1. The van der Waals surface area contributed by atoms with Crippen LogP contribution in [0, 0.1) is 10.1 Å². The lowest BCUT2D eigenvalue weighted by molar-refractivity contribution is -0.384. The van der Waals surface area contributed by atoms with E-state index in [0.717, 1.165) is 28.1 Å². The van der Waals surface area contributed by atoms with Gasteiger partial charge in [0.25, 0.3) is 5.69 Å². The van der Waals surface area contributed by atoms with Gasteiger partial charge in [-0.25, -0.2) is 4.98 Å². The molecule has 0 amide bonds. The second-order valence-electron chi connectivity index (χ2n) is 7.81. The molecule has 3 aromatic carbocycles. The number of benzene rings is 3. The summed E-state index contributed by atoms with van der Waals surface area (Å²) in [4.78, 5) is 29.6. The molecule has 0 aliphatic heterocycles. The van der Waals surface area contributed by atoms with Gasteiger partial charge >= 0.3 is 0 Å². The van der Waals surface area contributed by atoms with E-state index in [1.165, 1.54) is 35.6 Å². The van der Waals surface area contributed by atoms with Gasteiger partial charge in [0.05, 0.1) is 23.4 Å². The number of carbonyl (C=O) groups is 1. The number of thiophene rings is 1. The number of nitrogens with two attached hydrogens (primary N) is 1. The van der Waals surface area contributed by atoms with Crippen LogP contribution in [0.5, 0.6) is 5.75 Å². The van der Waals surface area contributed by atoms with Crippen molar-refractivity contribution in [2.75, 3.05) is 12.8 Å². The van der Waals surface area contributed by atoms with Gasteiger partial charge in [-0.15, -0.1) is 11.3 Å². The number of methoxy groups -OCH3 is 1. The number of rotatable bonds is 6. The molecule has 0 radical (unpaired) electrons. The van der Waals surface area contributed by atoms with Gasteiger partial charge in [-0.05, 0) is 41.5 Å². The molecule has 0 aliphatic rings. The fourth-order valence-corrected chi connectivity index (χ4v) is 4.99. The Morgan fingerprint density at radius 3 is 2.29 bits per heavy atom. The fraction of sp³-hybridized carbons (Fsp3) is 0.0370. The number of hydrogen-bond donors (Lipinski definition) is 1. The summed E-state index contributed by atoms with van der Waals surface area (Å²) in [5.74, 6) is 0.428. The molecule has 8 heteroatoms. The lowest BCUT2D eigenvalue weighted by Crippen LogP contribution is -2.02. The zero-order chi connectivity index (χ0) is 24.5. The molecule has 0 fully saturated rings. The summed E-state index contributed by atoms with van der Waals surface area (Å²) < 4.78 is 5.30. The number of aromatic nitrogens is 1. The Kier molecular flexibility index (Phi) is 5.72. The smallest absolute Gasteiger partial charge is 0.269 e. The SMILES string of the molecule is COc1ccc(-c2cc(-c3ccccc3)nc3sc(C(=O)c4ccc([N+](=O)[O-])cc4)c(N)c23)cc1. The van der Waals surface area contributed by atoms with Crippen molar-refractivity contribution in [1.29, 1.82) is 0 Å². The van der Waals surface area contributed by atoms with Gasteiger partial charge in [0.1, 0.15) is 15.5 Å².